The number of carbonyl (C=O) groups is 2. The number of aryl methyl sites for hydroxylation is 1. The number of nitrogens with zero attached hydrogens (tertiary/aromatic N) is 8. The molecule has 57 heavy (non-hydrogen) atoms. The molecule has 2 aliphatic heterocycles. The lowest BCUT2D eigenvalue weighted by atomic mass is 10.0. The summed E-state index contributed by atoms with van der Waals surface area (Å²) in [5.41, 5.74) is 11.8. The van der Waals surface area contributed by atoms with Crippen molar-refractivity contribution in [3.05, 3.63) is 72.6 Å². The van der Waals surface area contributed by atoms with Crippen molar-refractivity contribution in [2.45, 2.75) is 77.5 Å². The molecular formula is C41H52N12O4. The van der Waals surface area contributed by atoms with Gasteiger partial charge in [-0.2, -0.15) is 9.87 Å². The number of rotatable bonds is 14. The fraction of sp³-hybridized carbons (Fsp3) is 0.439. The van der Waals surface area contributed by atoms with Crippen LogP contribution in [0.1, 0.15) is 77.1 Å². The summed E-state index contributed by atoms with van der Waals surface area (Å²) in [7, 11) is 3.11. The number of benzene rings is 2. The molecule has 0 unspecified atom stereocenters. The molecule has 5 aromatic rings. The molecule has 16 nitrogen and oxygen atoms in total. The summed E-state index contributed by atoms with van der Waals surface area (Å²) in [4.78, 5) is 65.6. The molecule has 2 aromatic carbocycles. The smallest absolute Gasteiger partial charge is 0.248 e. The maximum absolute atomic E-state index is 13.9. The number of nitrogens with two attached hydrogens (primary N) is 1. The van der Waals surface area contributed by atoms with E-state index in [0.29, 0.717) is 19.0 Å². The zero-order valence-electron chi connectivity index (χ0n) is 33.3. The van der Waals surface area contributed by atoms with Gasteiger partial charge in [0.25, 0.3) is 0 Å². The fourth-order valence-electron chi connectivity index (χ4n) is 7.73. The Kier molecular flexibility index (Phi) is 11.7. The van der Waals surface area contributed by atoms with Crippen LogP contribution in [0.2, 0.25) is 0 Å². The van der Waals surface area contributed by atoms with Crippen LogP contribution in [0, 0.1) is 11.8 Å². The highest BCUT2D eigenvalue weighted by Gasteiger charge is 2.38. The van der Waals surface area contributed by atoms with Gasteiger partial charge in [-0.3, -0.25) is 9.59 Å². The van der Waals surface area contributed by atoms with Crippen molar-refractivity contribution < 1.29 is 19.4 Å². The number of hydrogen-bond acceptors (Lipinski definition) is 11. The number of aromatic nitrogens is 7. The first-order valence-electron chi connectivity index (χ1n) is 19.6. The molecule has 0 spiro atoms. The lowest BCUT2D eigenvalue weighted by Gasteiger charge is -2.30. The number of anilines is 2. The fourth-order valence-corrected chi connectivity index (χ4v) is 7.73. The van der Waals surface area contributed by atoms with Gasteiger partial charge in [-0.1, -0.05) is 76.2 Å². The van der Waals surface area contributed by atoms with E-state index in [2.05, 4.69) is 83.8 Å². The molecule has 2 aliphatic rings. The summed E-state index contributed by atoms with van der Waals surface area (Å²) < 4.78 is 1.48. The molecular weight excluding hydrogens is 725 g/mol. The minimum absolute atomic E-state index is 0.00266. The second-order valence-electron chi connectivity index (χ2n) is 15.4. The Morgan fingerprint density at radius 2 is 1.33 bits per heavy atom. The molecule has 5 heterocycles. The predicted octanol–water partition coefficient (Wildman–Crippen LogP) is 5.94. The van der Waals surface area contributed by atoms with E-state index in [-0.39, 0.29) is 41.7 Å². The molecule has 0 radical (unpaired) electrons. The van der Waals surface area contributed by atoms with Crippen LogP contribution < -0.4 is 11.1 Å². The summed E-state index contributed by atoms with van der Waals surface area (Å²) in [6, 6.07) is 15.3. The zero-order valence-corrected chi connectivity index (χ0v) is 33.3. The third kappa shape index (κ3) is 8.40. The summed E-state index contributed by atoms with van der Waals surface area (Å²) in [6.45, 7) is 9.24. The van der Waals surface area contributed by atoms with Gasteiger partial charge in [0, 0.05) is 20.1 Å². The molecule has 0 saturated carbocycles. The van der Waals surface area contributed by atoms with Gasteiger partial charge in [-0.15, -0.1) is 5.10 Å². The van der Waals surface area contributed by atoms with Gasteiger partial charge in [-0.25, -0.2) is 19.6 Å². The summed E-state index contributed by atoms with van der Waals surface area (Å²) >= 11 is 0. The summed E-state index contributed by atoms with van der Waals surface area (Å²) in [6.07, 6.45) is 8.30. The molecule has 0 bridgehead atoms. The SMILES string of the molecule is COO/C=N/[C@H](C(=O)N1CCC[C@H]1c1ncc(-c2ccc(-c3ccc(-c4cnc([C@@H]5CCCN5C(=O)[C@@H](Nc5nc(N)n(C)n5)C(C)C)[nH]4)cc3)cc2)[nH]1)C(C)C. The molecule has 4 atom stereocenters. The van der Waals surface area contributed by atoms with Gasteiger partial charge < -0.3 is 35.7 Å². The van der Waals surface area contributed by atoms with Crippen molar-refractivity contribution in [3.63, 3.8) is 0 Å². The van der Waals surface area contributed by atoms with Crippen LogP contribution in [0.4, 0.5) is 11.9 Å². The van der Waals surface area contributed by atoms with E-state index in [1.165, 1.54) is 18.2 Å². The topological polar surface area (TPSA) is 198 Å². The van der Waals surface area contributed by atoms with Crippen molar-refractivity contribution in [1.82, 2.24) is 44.5 Å². The van der Waals surface area contributed by atoms with Gasteiger partial charge in [0.1, 0.15) is 23.7 Å². The predicted molar refractivity (Wildman–Crippen MR) is 217 cm³/mol. The highest BCUT2D eigenvalue weighted by atomic mass is 17.2. The number of likely N-dealkylation sites (tertiary alicyclic amines) is 2. The number of aliphatic imine (C=N–C) groups is 1. The van der Waals surface area contributed by atoms with E-state index >= 15 is 0 Å². The van der Waals surface area contributed by atoms with Crippen LogP contribution in [0.5, 0.6) is 0 Å². The van der Waals surface area contributed by atoms with Crippen LogP contribution in [-0.2, 0) is 26.4 Å². The maximum Gasteiger partial charge on any atom is 0.248 e. The van der Waals surface area contributed by atoms with E-state index in [0.717, 1.165) is 71.0 Å². The quantitative estimate of drug-likeness (QED) is 0.0453. The van der Waals surface area contributed by atoms with Crippen molar-refractivity contribution in [1.29, 1.82) is 0 Å². The molecule has 16 heteroatoms. The molecule has 300 valence electrons. The van der Waals surface area contributed by atoms with E-state index in [4.69, 9.17) is 20.6 Å². The second-order valence-corrected chi connectivity index (χ2v) is 15.4. The number of H-pyrrole nitrogens is 2. The van der Waals surface area contributed by atoms with E-state index in [1.807, 2.05) is 49.9 Å². The number of aromatic amines is 2. The van der Waals surface area contributed by atoms with Crippen molar-refractivity contribution in [2.24, 2.45) is 23.9 Å². The third-order valence-corrected chi connectivity index (χ3v) is 10.9. The standard InChI is InChI=1S/C41H52N12O4/c1-24(2)34(45-23-57-56-6)38(54)52-19-7-9-32(52)36-43-21-30(46-36)28-15-11-26(12-16-28)27-13-17-29(18-14-27)31-22-44-37(47-31)33-10-8-20-53(33)39(55)35(25(3)4)48-41-49-40(42)51(5)50-41/h11-18,21-25,32-35H,7-10,19-20H2,1-6H3,(H,43,46)(H,44,47)(H3,42,48,49,50)/b45-23+/t32-,33-,34-,35-/m0/s1. The average molecular weight is 777 g/mol. The monoisotopic (exact) mass is 776 g/mol. The first-order chi connectivity index (χ1) is 27.5. The largest absolute Gasteiger partial charge is 0.368 e. The number of hydrogen-bond donors (Lipinski definition) is 4. The van der Waals surface area contributed by atoms with E-state index in [1.54, 1.807) is 7.05 Å². The zero-order chi connectivity index (χ0) is 40.2. The van der Waals surface area contributed by atoms with E-state index in [9.17, 15) is 9.59 Å². The minimum atomic E-state index is -0.571. The maximum atomic E-state index is 13.9. The number of carbonyl (C=O) groups excluding carboxylic acids is 2. The minimum Gasteiger partial charge on any atom is -0.368 e. The Morgan fingerprint density at radius 1 is 0.825 bits per heavy atom. The van der Waals surface area contributed by atoms with Crippen molar-refractivity contribution in [3.8, 4) is 33.6 Å². The lowest BCUT2D eigenvalue weighted by molar-refractivity contribution is -0.188. The van der Waals surface area contributed by atoms with Crippen LogP contribution in [-0.4, -0.2) is 95.0 Å². The van der Waals surface area contributed by atoms with Gasteiger partial charge in [0.05, 0.1) is 43.0 Å². The number of amides is 2. The highest BCUT2D eigenvalue weighted by Crippen LogP contribution is 2.35. The Morgan fingerprint density at radius 3 is 1.79 bits per heavy atom. The summed E-state index contributed by atoms with van der Waals surface area (Å²) in [5, 5.41) is 7.50. The molecule has 5 N–H and O–H groups in total. The van der Waals surface area contributed by atoms with Crippen LogP contribution >= 0.6 is 0 Å². The van der Waals surface area contributed by atoms with Crippen LogP contribution in [0.3, 0.4) is 0 Å². The van der Waals surface area contributed by atoms with Crippen molar-refractivity contribution in [2.75, 3.05) is 31.2 Å². The Bertz CT molecular complexity index is 2150. The molecule has 2 fully saturated rings. The van der Waals surface area contributed by atoms with Crippen LogP contribution in [0.15, 0.2) is 65.9 Å². The number of nitrogens with one attached hydrogen (secondary N) is 3. The van der Waals surface area contributed by atoms with Gasteiger partial charge in [0.2, 0.25) is 30.1 Å². The highest BCUT2D eigenvalue weighted by molar-refractivity contribution is 5.85. The van der Waals surface area contributed by atoms with E-state index < -0.39 is 12.1 Å². The normalized spacial score (nSPS) is 18.2. The molecule has 0 aliphatic carbocycles. The average Bonchev–Trinajstić information content (AvgIpc) is 4.06. The first kappa shape index (κ1) is 39.2. The van der Waals surface area contributed by atoms with Crippen molar-refractivity contribution >= 4 is 30.1 Å². The second kappa shape index (κ2) is 17.0. The molecule has 2 saturated heterocycles. The number of imidazole rings is 2. The lowest BCUT2D eigenvalue weighted by Crippen LogP contribution is -2.45. The Balaban J connectivity index is 0.995. The Labute approximate surface area is 332 Å². The third-order valence-electron chi connectivity index (χ3n) is 10.9. The number of nitrogen functional groups attached to an aromatic ring is 1. The first-order valence-corrected chi connectivity index (χ1v) is 19.6. The van der Waals surface area contributed by atoms with Gasteiger partial charge in [0.15, 0.2) is 0 Å². The van der Waals surface area contributed by atoms with Crippen LogP contribution in [0.25, 0.3) is 33.6 Å². The molecule has 3 aromatic heterocycles. The van der Waals surface area contributed by atoms with Gasteiger partial charge >= 0.3 is 0 Å². The molecule has 2 amide bonds. The molecule has 7 rings (SSSR count). The Hall–Kier alpha value is -6.03. The van der Waals surface area contributed by atoms with Gasteiger partial charge in [-0.05, 0) is 59.8 Å². The summed E-state index contributed by atoms with van der Waals surface area (Å²) in [5.74, 6) is 2.09.